The molecule has 26 heavy (non-hydrogen) atoms. The Kier molecular flexibility index (Phi) is 10.8. The third-order valence-corrected chi connectivity index (χ3v) is 5.29. The molecule has 1 aromatic rings. The molecular weight excluding hydrogens is 352 g/mol. The molecule has 148 valence electrons. The standard InChI is InChI=1S/C19H32N2O4S/c1-4-5-6-7-8-9-10-11-14-26(22,23)21-20-16-17-12-13-18(24-2)19(15-17)25-3/h12-13,15-16,21H,4-11,14H2,1-3H3/b20-16+. The van der Waals surface area contributed by atoms with Crippen LogP contribution in [0.2, 0.25) is 0 Å². The number of sulfonamides is 1. The molecule has 1 rings (SSSR count). The summed E-state index contributed by atoms with van der Waals surface area (Å²) in [4.78, 5) is 2.26. The number of hydrazone groups is 1. The SMILES string of the molecule is CCCCCCCCCCS(=O)(=O)N/N=C/c1ccc(OC)c(OC)c1. The van der Waals surface area contributed by atoms with Crippen molar-refractivity contribution in [3.63, 3.8) is 0 Å². The molecule has 0 aliphatic rings. The fraction of sp³-hybridized carbons (Fsp3) is 0.632. The average Bonchev–Trinajstić information content (AvgIpc) is 2.63. The molecule has 0 saturated heterocycles. The molecule has 0 bridgehead atoms. The summed E-state index contributed by atoms with van der Waals surface area (Å²) < 4.78 is 34.3. The molecule has 6 nitrogen and oxygen atoms in total. The highest BCUT2D eigenvalue weighted by Crippen LogP contribution is 2.26. The fourth-order valence-corrected chi connectivity index (χ4v) is 3.47. The van der Waals surface area contributed by atoms with Gasteiger partial charge < -0.3 is 9.47 Å². The Morgan fingerprint density at radius 1 is 0.962 bits per heavy atom. The number of nitrogens with zero attached hydrogens (tertiary/aromatic N) is 1. The van der Waals surface area contributed by atoms with Crippen molar-refractivity contribution in [3.8, 4) is 11.5 Å². The maximum Gasteiger partial charge on any atom is 0.247 e. The summed E-state index contributed by atoms with van der Waals surface area (Å²) in [5, 5.41) is 3.83. The third kappa shape index (κ3) is 9.08. The number of methoxy groups -OCH3 is 2. The molecule has 0 radical (unpaired) electrons. The smallest absolute Gasteiger partial charge is 0.247 e. The van der Waals surface area contributed by atoms with Gasteiger partial charge in [0.2, 0.25) is 10.0 Å². The largest absolute Gasteiger partial charge is 0.493 e. The van der Waals surface area contributed by atoms with Crippen molar-refractivity contribution in [2.75, 3.05) is 20.0 Å². The van der Waals surface area contributed by atoms with E-state index < -0.39 is 10.0 Å². The quantitative estimate of drug-likeness (QED) is 0.298. The lowest BCUT2D eigenvalue weighted by Gasteiger charge is -2.07. The molecule has 1 aromatic carbocycles. The van der Waals surface area contributed by atoms with Crippen LogP contribution in [0.25, 0.3) is 0 Å². The summed E-state index contributed by atoms with van der Waals surface area (Å²) in [6.45, 7) is 2.20. The zero-order valence-electron chi connectivity index (χ0n) is 16.2. The summed E-state index contributed by atoms with van der Waals surface area (Å²) in [6.07, 6.45) is 10.4. The molecule has 0 unspecified atom stereocenters. The molecule has 0 aliphatic carbocycles. The highest BCUT2D eigenvalue weighted by atomic mass is 32.2. The predicted octanol–water partition coefficient (Wildman–Crippen LogP) is 4.10. The first kappa shape index (κ1) is 22.3. The number of hydrogen-bond donors (Lipinski definition) is 1. The van der Waals surface area contributed by atoms with E-state index in [1.807, 2.05) is 0 Å². The van der Waals surface area contributed by atoms with E-state index in [4.69, 9.17) is 9.47 Å². The van der Waals surface area contributed by atoms with Gasteiger partial charge in [0.1, 0.15) is 0 Å². The van der Waals surface area contributed by atoms with E-state index in [1.165, 1.54) is 38.3 Å². The monoisotopic (exact) mass is 384 g/mol. The van der Waals surface area contributed by atoms with Crippen LogP contribution in [0.3, 0.4) is 0 Å². The minimum atomic E-state index is -3.39. The number of nitrogens with one attached hydrogen (secondary N) is 1. The van der Waals surface area contributed by atoms with Gasteiger partial charge in [0.25, 0.3) is 0 Å². The van der Waals surface area contributed by atoms with Crippen LogP contribution < -0.4 is 14.3 Å². The van der Waals surface area contributed by atoms with Gasteiger partial charge >= 0.3 is 0 Å². The predicted molar refractivity (Wildman–Crippen MR) is 107 cm³/mol. The second kappa shape index (κ2) is 12.6. The van der Waals surface area contributed by atoms with Crippen LogP contribution in [-0.4, -0.2) is 34.6 Å². The minimum Gasteiger partial charge on any atom is -0.493 e. The van der Waals surface area contributed by atoms with Crippen molar-refractivity contribution >= 4 is 16.2 Å². The van der Waals surface area contributed by atoms with Crippen molar-refractivity contribution in [2.24, 2.45) is 5.10 Å². The van der Waals surface area contributed by atoms with E-state index in [0.29, 0.717) is 17.9 Å². The Bertz CT molecular complexity index is 645. The van der Waals surface area contributed by atoms with E-state index in [0.717, 1.165) is 18.4 Å². The Balaban J connectivity index is 2.33. The maximum absolute atomic E-state index is 11.9. The molecule has 0 spiro atoms. The van der Waals surface area contributed by atoms with Crippen LogP contribution in [-0.2, 0) is 10.0 Å². The van der Waals surface area contributed by atoms with Gasteiger partial charge in [0, 0.05) is 0 Å². The second-order valence-corrected chi connectivity index (χ2v) is 8.08. The van der Waals surface area contributed by atoms with Crippen LogP contribution in [0, 0.1) is 0 Å². The van der Waals surface area contributed by atoms with Crippen LogP contribution in [0.5, 0.6) is 11.5 Å². The van der Waals surface area contributed by atoms with Crippen molar-refractivity contribution in [1.82, 2.24) is 4.83 Å². The van der Waals surface area contributed by atoms with E-state index in [2.05, 4.69) is 16.9 Å². The maximum atomic E-state index is 11.9. The Hall–Kier alpha value is -1.76. The molecule has 0 saturated carbocycles. The van der Waals surface area contributed by atoms with Gasteiger partial charge in [-0.1, -0.05) is 51.9 Å². The molecule has 0 aromatic heterocycles. The Morgan fingerprint density at radius 2 is 1.58 bits per heavy atom. The number of hydrogen-bond acceptors (Lipinski definition) is 5. The van der Waals surface area contributed by atoms with E-state index >= 15 is 0 Å². The van der Waals surface area contributed by atoms with Crippen LogP contribution in [0.1, 0.15) is 63.9 Å². The van der Waals surface area contributed by atoms with Gasteiger partial charge in [-0.3, -0.25) is 0 Å². The summed E-state index contributed by atoms with van der Waals surface area (Å²) in [7, 11) is -0.278. The molecule has 0 aliphatic heterocycles. The number of rotatable bonds is 14. The van der Waals surface area contributed by atoms with Gasteiger partial charge in [-0.05, 0) is 30.2 Å². The summed E-state index contributed by atoms with van der Waals surface area (Å²) in [5.41, 5.74) is 0.720. The number of benzene rings is 1. The van der Waals surface area contributed by atoms with E-state index in [1.54, 1.807) is 32.4 Å². The van der Waals surface area contributed by atoms with Gasteiger partial charge in [0.15, 0.2) is 11.5 Å². The summed E-state index contributed by atoms with van der Waals surface area (Å²) in [6, 6.07) is 5.25. The van der Waals surface area contributed by atoms with Crippen molar-refractivity contribution < 1.29 is 17.9 Å². The lowest BCUT2D eigenvalue weighted by molar-refractivity contribution is 0.355. The summed E-state index contributed by atoms with van der Waals surface area (Å²) >= 11 is 0. The van der Waals surface area contributed by atoms with Gasteiger partial charge in [0.05, 0.1) is 26.2 Å². The second-order valence-electron chi connectivity index (χ2n) is 6.26. The van der Waals surface area contributed by atoms with Crippen molar-refractivity contribution in [3.05, 3.63) is 23.8 Å². The number of ether oxygens (including phenoxy) is 2. The first-order valence-electron chi connectivity index (χ1n) is 9.27. The van der Waals surface area contributed by atoms with Crippen LogP contribution >= 0.6 is 0 Å². The molecule has 0 atom stereocenters. The van der Waals surface area contributed by atoms with Crippen LogP contribution in [0.4, 0.5) is 0 Å². The highest BCUT2D eigenvalue weighted by Gasteiger charge is 2.08. The zero-order chi connectivity index (χ0) is 19.3. The minimum absolute atomic E-state index is 0.102. The first-order chi connectivity index (χ1) is 12.5. The van der Waals surface area contributed by atoms with Gasteiger partial charge in [-0.15, -0.1) is 0 Å². The molecule has 0 amide bonds. The molecular formula is C19H32N2O4S. The molecule has 0 fully saturated rings. The van der Waals surface area contributed by atoms with Gasteiger partial charge in [-0.25, -0.2) is 13.2 Å². The van der Waals surface area contributed by atoms with E-state index in [-0.39, 0.29) is 5.75 Å². The van der Waals surface area contributed by atoms with Crippen molar-refractivity contribution in [2.45, 2.75) is 58.3 Å². The van der Waals surface area contributed by atoms with Crippen molar-refractivity contribution in [1.29, 1.82) is 0 Å². The fourth-order valence-electron chi connectivity index (χ4n) is 2.59. The Labute approximate surface area is 158 Å². The average molecular weight is 385 g/mol. The molecule has 1 N–H and O–H groups in total. The lowest BCUT2D eigenvalue weighted by atomic mass is 10.1. The summed E-state index contributed by atoms with van der Waals surface area (Å²) in [5.74, 6) is 1.28. The normalized spacial score (nSPS) is 11.7. The molecule has 7 heteroatoms. The Morgan fingerprint density at radius 3 is 2.19 bits per heavy atom. The zero-order valence-corrected chi connectivity index (χ0v) is 17.0. The lowest BCUT2D eigenvalue weighted by Crippen LogP contribution is -2.21. The van der Waals surface area contributed by atoms with E-state index in [9.17, 15) is 8.42 Å². The number of unbranched alkanes of at least 4 members (excludes halogenated alkanes) is 7. The van der Waals surface area contributed by atoms with Crippen LogP contribution in [0.15, 0.2) is 23.3 Å². The molecule has 0 heterocycles. The third-order valence-electron chi connectivity index (χ3n) is 4.08. The topological polar surface area (TPSA) is 77.0 Å². The highest BCUT2D eigenvalue weighted by molar-refractivity contribution is 7.89. The first-order valence-corrected chi connectivity index (χ1v) is 10.9. The van der Waals surface area contributed by atoms with Gasteiger partial charge in [-0.2, -0.15) is 5.10 Å².